The molecule has 0 spiro atoms. The Hall–Kier alpha value is -1.91. The summed E-state index contributed by atoms with van der Waals surface area (Å²) in [5.41, 5.74) is 1.97. The molecule has 0 fully saturated rings. The molecule has 0 amide bonds. The molecule has 0 saturated carbocycles. The van der Waals surface area contributed by atoms with Crippen LogP contribution >= 0.6 is 11.6 Å². The van der Waals surface area contributed by atoms with E-state index in [1.807, 2.05) is 43.3 Å². The van der Waals surface area contributed by atoms with Gasteiger partial charge in [0.15, 0.2) is 0 Å². The third kappa shape index (κ3) is 4.06. The molecule has 2 atom stereocenters. The van der Waals surface area contributed by atoms with E-state index in [0.717, 1.165) is 11.1 Å². The number of carbonyl (C=O) groups excluding carboxylic acids is 1. The lowest BCUT2D eigenvalue weighted by atomic mass is 9.94. The molecule has 2 aromatic rings. The zero-order valence-electron chi connectivity index (χ0n) is 12.6. The van der Waals surface area contributed by atoms with Gasteiger partial charge in [0.1, 0.15) is 0 Å². The molecule has 0 aliphatic carbocycles. The largest absolute Gasteiger partial charge is 0.469 e. The van der Waals surface area contributed by atoms with Crippen molar-refractivity contribution in [3.8, 4) is 0 Å². The van der Waals surface area contributed by atoms with E-state index < -0.39 is 0 Å². The first-order chi connectivity index (χ1) is 10.6. The topological polar surface area (TPSA) is 51.2 Å². The number of hydrogen-bond acceptors (Lipinski definition) is 4. The van der Waals surface area contributed by atoms with Crippen LogP contribution in [0, 0.1) is 5.92 Å². The SMILES string of the molecule is COC(=O)[C@H](C)[C@H](NCc1ccncc1Cl)c1ccccc1. The van der Waals surface area contributed by atoms with Crippen molar-refractivity contribution < 1.29 is 9.53 Å². The normalized spacial score (nSPS) is 13.4. The minimum atomic E-state index is -0.312. The Morgan fingerprint density at radius 3 is 2.68 bits per heavy atom. The summed E-state index contributed by atoms with van der Waals surface area (Å²) in [5, 5.41) is 4.00. The number of rotatable bonds is 6. The van der Waals surface area contributed by atoms with E-state index in [-0.39, 0.29) is 17.9 Å². The molecular weight excluding hydrogens is 300 g/mol. The second-order valence-electron chi connectivity index (χ2n) is 5.05. The summed E-state index contributed by atoms with van der Waals surface area (Å²) in [6.07, 6.45) is 3.31. The van der Waals surface area contributed by atoms with Gasteiger partial charge in [-0.15, -0.1) is 0 Å². The van der Waals surface area contributed by atoms with Crippen molar-refractivity contribution in [1.82, 2.24) is 10.3 Å². The monoisotopic (exact) mass is 318 g/mol. The molecule has 0 saturated heterocycles. The minimum absolute atomic E-state index is 0.155. The lowest BCUT2D eigenvalue weighted by Crippen LogP contribution is -2.31. The number of aromatic nitrogens is 1. The van der Waals surface area contributed by atoms with Crippen LogP contribution in [0.2, 0.25) is 5.02 Å². The summed E-state index contributed by atoms with van der Waals surface area (Å²) in [4.78, 5) is 15.9. The Morgan fingerprint density at radius 2 is 2.05 bits per heavy atom. The van der Waals surface area contributed by atoms with Crippen molar-refractivity contribution in [3.05, 3.63) is 64.9 Å². The fraction of sp³-hybridized carbons (Fsp3) is 0.294. The zero-order chi connectivity index (χ0) is 15.9. The van der Waals surface area contributed by atoms with Crippen LogP contribution in [0.1, 0.15) is 24.1 Å². The fourth-order valence-corrected chi connectivity index (χ4v) is 2.52. The van der Waals surface area contributed by atoms with Crippen LogP contribution in [0.15, 0.2) is 48.8 Å². The fourth-order valence-electron chi connectivity index (χ4n) is 2.33. The molecule has 0 bridgehead atoms. The summed E-state index contributed by atoms with van der Waals surface area (Å²) < 4.78 is 4.88. The molecule has 22 heavy (non-hydrogen) atoms. The van der Waals surface area contributed by atoms with Crippen molar-refractivity contribution in [1.29, 1.82) is 0 Å². The molecule has 2 rings (SSSR count). The maximum absolute atomic E-state index is 11.9. The Bertz CT molecular complexity index is 619. The number of carbonyl (C=O) groups is 1. The Morgan fingerprint density at radius 1 is 1.32 bits per heavy atom. The number of ether oxygens (including phenoxy) is 1. The highest BCUT2D eigenvalue weighted by Crippen LogP contribution is 2.24. The van der Waals surface area contributed by atoms with Gasteiger partial charge in [0.2, 0.25) is 0 Å². The second-order valence-corrected chi connectivity index (χ2v) is 5.46. The van der Waals surface area contributed by atoms with Crippen LogP contribution in [-0.4, -0.2) is 18.1 Å². The van der Waals surface area contributed by atoms with Gasteiger partial charge in [-0.1, -0.05) is 48.9 Å². The predicted octanol–water partition coefficient (Wildman–Crippen LogP) is 3.38. The molecule has 0 aliphatic rings. The van der Waals surface area contributed by atoms with E-state index in [1.165, 1.54) is 7.11 Å². The van der Waals surface area contributed by atoms with Gasteiger partial charge >= 0.3 is 5.97 Å². The van der Waals surface area contributed by atoms with Gasteiger partial charge in [0.05, 0.1) is 18.1 Å². The highest BCUT2D eigenvalue weighted by molar-refractivity contribution is 6.31. The smallest absolute Gasteiger partial charge is 0.310 e. The van der Waals surface area contributed by atoms with Crippen LogP contribution in [-0.2, 0) is 16.1 Å². The van der Waals surface area contributed by atoms with Crippen LogP contribution in [0.5, 0.6) is 0 Å². The van der Waals surface area contributed by atoms with E-state index in [4.69, 9.17) is 16.3 Å². The molecule has 0 radical (unpaired) electrons. The van der Waals surface area contributed by atoms with Crippen molar-refractivity contribution in [2.45, 2.75) is 19.5 Å². The van der Waals surface area contributed by atoms with Gasteiger partial charge in [-0.2, -0.15) is 0 Å². The second kappa shape index (κ2) is 7.92. The van der Waals surface area contributed by atoms with E-state index in [9.17, 15) is 4.79 Å². The number of pyridine rings is 1. The Kier molecular flexibility index (Phi) is 5.92. The first-order valence-electron chi connectivity index (χ1n) is 7.08. The van der Waals surface area contributed by atoms with Crippen LogP contribution in [0.25, 0.3) is 0 Å². The Balaban J connectivity index is 2.18. The maximum atomic E-state index is 11.9. The maximum Gasteiger partial charge on any atom is 0.310 e. The van der Waals surface area contributed by atoms with Crippen LogP contribution in [0.3, 0.4) is 0 Å². The summed E-state index contributed by atoms with van der Waals surface area (Å²) in [6.45, 7) is 2.40. The molecule has 1 N–H and O–H groups in total. The van der Waals surface area contributed by atoms with Crippen LogP contribution < -0.4 is 5.32 Å². The quantitative estimate of drug-likeness (QED) is 0.830. The highest BCUT2D eigenvalue weighted by atomic mass is 35.5. The van der Waals surface area contributed by atoms with E-state index in [0.29, 0.717) is 11.6 Å². The van der Waals surface area contributed by atoms with E-state index in [1.54, 1.807) is 12.4 Å². The average molecular weight is 319 g/mol. The average Bonchev–Trinajstić information content (AvgIpc) is 2.56. The van der Waals surface area contributed by atoms with Crippen molar-refractivity contribution in [3.63, 3.8) is 0 Å². The molecule has 0 unspecified atom stereocenters. The van der Waals surface area contributed by atoms with Crippen molar-refractivity contribution in [2.24, 2.45) is 5.92 Å². The van der Waals surface area contributed by atoms with Gasteiger partial charge in [0.25, 0.3) is 0 Å². The molecule has 116 valence electrons. The summed E-state index contributed by atoms with van der Waals surface area (Å²) in [5.74, 6) is -0.560. The third-order valence-electron chi connectivity index (χ3n) is 3.60. The number of nitrogens with zero attached hydrogens (tertiary/aromatic N) is 1. The lowest BCUT2D eigenvalue weighted by Gasteiger charge is -2.24. The van der Waals surface area contributed by atoms with E-state index in [2.05, 4.69) is 10.3 Å². The number of methoxy groups -OCH3 is 1. The lowest BCUT2D eigenvalue weighted by molar-refractivity contribution is -0.145. The van der Waals surface area contributed by atoms with E-state index >= 15 is 0 Å². The number of benzene rings is 1. The first-order valence-corrected chi connectivity index (χ1v) is 7.46. The number of halogens is 1. The number of esters is 1. The molecule has 1 heterocycles. The number of hydrogen-bond donors (Lipinski definition) is 1. The van der Waals surface area contributed by atoms with Gasteiger partial charge < -0.3 is 10.1 Å². The van der Waals surface area contributed by atoms with Crippen LogP contribution in [0.4, 0.5) is 0 Å². The summed E-state index contributed by atoms with van der Waals surface area (Å²) in [7, 11) is 1.40. The molecule has 5 heteroatoms. The van der Waals surface area contributed by atoms with Gasteiger partial charge in [0, 0.05) is 25.0 Å². The molecule has 1 aromatic carbocycles. The predicted molar refractivity (Wildman–Crippen MR) is 86.4 cm³/mol. The number of nitrogens with one attached hydrogen (secondary N) is 1. The van der Waals surface area contributed by atoms with Gasteiger partial charge in [-0.25, -0.2) is 0 Å². The van der Waals surface area contributed by atoms with Crippen molar-refractivity contribution >= 4 is 17.6 Å². The molecule has 1 aromatic heterocycles. The zero-order valence-corrected chi connectivity index (χ0v) is 13.4. The first kappa shape index (κ1) is 16.5. The Labute approximate surface area is 135 Å². The molecule has 4 nitrogen and oxygen atoms in total. The molecular formula is C17H19ClN2O2. The van der Waals surface area contributed by atoms with Gasteiger partial charge in [-0.3, -0.25) is 9.78 Å². The summed E-state index contributed by atoms with van der Waals surface area (Å²) in [6, 6.07) is 11.5. The summed E-state index contributed by atoms with van der Waals surface area (Å²) >= 11 is 6.13. The third-order valence-corrected chi connectivity index (χ3v) is 3.94. The highest BCUT2D eigenvalue weighted by Gasteiger charge is 2.25. The minimum Gasteiger partial charge on any atom is -0.469 e. The van der Waals surface area contributed by atoms with Crippen molar-refractivity contribution in [2.75, 3.05) is 7.11 Å². The molecule has 0 aliphatic heterocycles. The van der Waals surface area contributed by atoms with Gasteiger partial charge in [-0.05, 0) is 17.2 Å². The standard InChI is InChI=1S/C17H19ClN2O2/c1-12(17(21)22-2)16(13-6-4-3-5-7-13)20-10-14-8-9-19-11-15(14)18/h3-9,11-12,16,20H,10H2,1-2H3/t12-,16+/m1/s1.